The molecule has 1 aliphatic rings. The molecule has 1 atom stereocenters. The molecule has 0 aliphatic carbocycles. The summed E-state index contributed by atoms with van der Waals surface area (Å²) in [6.07, 6.45) is 2.46. The Kier molecular flexibility index (Phi) is 6.88. The quantitative estimate of drug-likeness (QED) is 0.678. The van der Waals surface area contributed by atoms with E-state index in [1.807, 2.05) is 54.6 Å². The van der Waals surface area contributed by atoms with Gasteiger partial charge in [-0.2, -0.15) is 0 Å². The summed E-state index contributed by atoms with van der Waals surface area (Å²) in [6, 6.07) is 17.6. The molecule has 0 N–H and O–H groups in total. The standard InChI is InChI=1S/C23H29NO3/c1-18-12-15-24(16-13-18)17-14-22(25)27-23(19-6-4-3-5-7-19)20-8-10-21(26-2)11-9-20/h3-11,18,23H,12-17H2,1-2H3. The van der Waals surface area contributed by atoms with Crippen molar-refractivity contribution in [3.63, 3.8) is 0 Å². The van der Waals surface area contributed by atoms with Crippen LogP contribution >= 0.6 is 0 Å². The van der Waals surface area contributed by atoms with Crippen LogP contribution in [0, 0.1) is 5.92 Å². The second-order valence-electron chi connectivity index (χ2n) is 7.33. The maximum atomic E-state index is 12.6. The van der Waals surface area contributed by atoms with Crippen LogP contribution < -0.4 is 4.74 Å². The number of benzene rings is 2. The van der Waals surface area contributed by atoms with Gasteiger partial charge in [0.2, 0.25) is 0 Å². The molecule has 4 nitrogen and oxygen atoms in total. The SMILES string of the molecule is COc1ccc(C(OC(=O)CCN2CCC(C)CC2)c2ccccc2)cc1. The van der Waals surface area contributed by atoms with E-state index < -0.39 is 6.10 Å². The molecule has 0 spiro atoms. The van der Waals surface area contributed by atoms with E-state index in [-0.39, 0.29) is 5.97 Å². The average Bonchev–Trinajstić information content (AvgIpc) is 2.72. The molecule has 1 saturated heterocycles. The van der Waals surface area contributed by atoms with Crippen LogP contribution in [0.3, 0.4) is 0 Å². The molecule has 27 heavy (non-hydrogen) atoms. The summed E-state index contributed by atoms with van der Waals surface area (Å²) in [7, 11) is 1.64. The number of ether oxygens (including phenoxy) is 2. The minimum atomic E-state index is -0.397. The number of hydrogen-bond donors (Lipinski definition) is 0. The lowest BCUT2D eigenvalue weighted by Crippen LogP contribution is -2.34. The predicted octanol–water partition coefficient (Wildman–Crippen LogP) is 4.45. The number of carbonyl (C=O) groups is 1. The van der Waals surface area contributed by atoms with Crippen molar-refractivity contribution in [3.05, 3.63) is 65.7 Å². The highest BCUT2D eigenvalue weighted by Gasteiger charge is 2.21. The monoisotopic (exact) mass is 367 g/mol. The Balaban J connectivity index is 1.65. The number of carbonyl (C=O) groups excluding carboxylic acids is 1. The van der Waals surface area contributed by atoms with Crippen molar-refractivity contribution in [2.45, 2.75) is 32.3 Å². The molecule has 3 rings (SSSR count). The van der Waals surface area contributed by atoms with Gasteiger partial charge in [-0.15, -0.1) is 0 Å². The maximum absolute atomic E-state index is 12.6. The van der Waals surface area contributed by atoms with Gasteiger partial charge in [-0.3, -0.25) is 4.79 Å². The highest BCUT2D eigenvalue weighted by atomic mass is 16.5. The molecule has 0 amide bonds. The summed E-state index contributed by atoms with van der Waals surface area (Å²) in [5, 5.41) is 0. The van der Waals surface area contributed by atoms with Gasteiger partial charge in [0.1, 0.15) is 5.75 Å². The Bertz CT molecular complexity index is 706. The van der Waals surface area contributed by atoms with Crippen LogP contribution in [0.5, 0.6) is 5.75 Å². The predicted molar refractivity (Wildman–Crippen MR) is 107 cm³/mol. The third-order valence-electron chi connectivity index (χ3n) is 5.28. The molecule has 4 heteroatoms. The van der Waals surface area contributed by atoms with E-state index >= 15 is 0 Å². The molecule has 0 radical (unpaired) electrons. The van der Waals surface area contributed by atoms with Crippen molar-refractivity contribution >= 4 is 5.97 Å². The molecule has 1 fully saturated rings. The Hall–Kier alpha value is -2.33. The van der Waals surface area contributed by atoms with Gasteiger partial charge >= 0.3 is 5.97 Å². The van der Waals surface area contributed by atoms with E-state index in [0.29, 0.717) is 6.42 Å². The third-order valence-corrected chi connectivity index (χ3v) is 5.28. The first-order valence-corrected chi connectivity index (χ1v) is 9.76. The van der Waals surface area contributed by atoms with Crippen molar-refractivity contribution in [1.82, 2.24) is 4.90 Å². The summed E-state index contributed by atoms with van der Waals surface area (Å²) in [4.78, 5) is 14.9. The summed E-state index contributed by atoms with van der Waals surface area (Å²) < 4.78 is 11.1. The lowest BCUT2D eigenvalue weighted by atomic mass is 9.99. The summed E-state index contributed by atoms with van der Waals surface area (Å²) in [5.41, 5.74) is 1.92. The van der Waals surface area contributed by atoms with Crippen molar-refractivity contribution in [2.24, 2.45) is 5.92 Å². The van der Waals surface area contributed by atoms with Crippen LogP contribution in [-0.2, 0) is 9.53 Å². The Labute approximate surface area is 162 Å². The molecule has 0 bridgehead atoms. The fourth-order valence-corrected chi connectivity index (χ4v) is 3.46. The van der Waals surface area contributed by atoms with Gasteiger partial charge < -0.3 is 14.4 Å². The van der Waals surface area contributed by atoms with E-state index in [1.165, 1.54) is 12.8 Å². The lowest BCUT2D eigenvalue weighted by Gasteiger charge is -2.30. The highest BCUT2D eigenvalue weighted by Crippen LogP contribution is 2.28. The van der Waals surface area contributed by atoms with Crippen LogP contribution in [0.25, 0.3) is 0 Å². The molecule has 1 aliphatic heterocycles. The number of piperidine rings is 1. The summed E-state index contributed by atoms with van der Waals surface area (Å²) in [5.74, 6) is 1.43. The molecule has 2 aromatic rings. The lowest BCUT2D eigenvalue weighted by molar-refractivity contribution is -0.148. The van der Waals surface area contributed by atoms with Crippen molar-refractivity contribution in [1.29, 1.82) is 0 Å². The van der Waals surface area contributed by atoms with E-state index in [2.05, 4.69) is 11.8 Å². The average molecular weight is 367 g/mol. The number of esters is 1. The van der Waals surface area contributed by atoms with Crippen LogP contribution in [0.2, 0.25) is 0 Å². The van der Waals surface area contributed by atoms with Crippen LogP contribution in [0.15, 0.2) is 54.6 Å². The van der Waals surface area contributed by atoms with Gasteiger partial charge in [0.15, 0.2) is 6.10 Å². The van der Waals surface area contributed by atoms with Crippen LogP contribution in [0.4, 0.5) is 0 Å². The fourth-order valence-electron chi connectivity index (χ4n) is 3.46. The van der Waals surface area contributed by atoms with Gasteiger partial charge in [-0.25, -0.2) is 0 Å². The zero-order chi connectivity index (χ0) is 19.1. The molecular weight excluding hydrogens is 338 g/mol. The third kappa shape index (κ3) is 5.57. The number of nitrogens with zero attached hydrogens (tertiary/aromatic N) is 1. The molecule has 1 unspecified atom stereocenters. The Morgan fingerprint density at radius 1 is 1.04 bits per heavy atom. The van der Waals surface area contributed by atoms with Gasteiger partial charge in [0, 0.05) is 6.54 Å². The van der Waals surface area contributed by atoms with Gasteiger partial charge in [0.05, 0.1) is 13.5 Å². The zero-order valence-electron chi connectivity index (χ0n) is 16.3. The smallest absolute Gasteiger partial charge is 0.308 e. The molecule has 0 aromatic heterocycles. The Morgan fingerprint density at radius 3 is 2.30 bits per heavy atom. The largest absolute Gasteiger partial charge is 0.497 e. The molecular formula is C23H29NO3. The number of hydrogen-bond acceptors (Lipinski definition) is 4. The van der Waals surface area contributed by atoms with Gasteiger partial charge in [0.25, 0.3) is 0 Å². The number of likely N-dealkylation sites (tertiary alicyclic amines) is 1. The second-order valence-corrected chi connectivity index (χ2v) is 7.33. The van der Waals surface area contributed by atoms with Crippen molar-refractivity contribution in [3.8, 4) is 5.75 Å². The Morgan fingerprint density at radius 2 is 1.67 bits per heavy atom. The van der Waals surface area contributed by atoms with Crippen LogP contribution in [0.1, 0.15) is 43.4 Å². The first kappa shape index (κ1) is 19.4. The zero-order valence-corrected chi connectivity index (χ0v) is 16.3. The summed E-state index contributed by atoms with van der Waals surface area (Å²) in [6.45, 7) is 5.23. The minimum absolute atomic E-state index is 0.154. The van der Waals surface area contributed by atoms with Crippen molar-refractivity contribution < 1.29 is 14.3 Å². The van der Waals surface area contributed by atoms with Gasteiger partial charge in [-0.05, 0) is 55.1 Å². The fraction of sp³-hybridized carbons (Fsp3) is 0.435. The second kappa shape index (κ2) is 9.56. The molecule has 0 saturated carbocycles. The summed E-state index contributed by atoms with van der Waals surface area (Å²) >= 11 is 0. The van der Waals surface area contributed by atoms with Crippen LogP contribution in [-0.4, -0.2) is 37.6 Å². The molecule has 2 aromatic carbocycles. The minimum Gasteiger partial charge on any atom is -0.497 e. The maximum Gasteiger partial charge on any atom is 0.308 e. The first-order valence-electron chi connectivity index (χ1n) is 9.76. The van der Waals surface area contributed by atoms with Crippen molar-refractivity contribution in [2.75, 3.05) is 26.7 Å². The topological polar surface area (TPSA) is 38.8 Å². The molecule has 144 valence electrons. The number of methoxy groups -OCH3 is 1. The van der Waals surface area contributed by atoms with E-state index in [0.717, 1.165) is 42.4 Å². The normalized spacial score (nSPS) is 16.7. The van der Waals surface area contributed by atoms with Gasteiger partial charge in [-0.1, -0.05) is 49.4 Å². The first-order chi connectivity index (χ1) is 13.2. The molecule has 1 heterocycles. The van der Waals surface area contributed by atoms with E-state index in [9.17, 15) is 4.79 Å². The van der Waals surface area contributed by atoms with E-state index in [1.54, 1.807) is 7.11 Å². The van der Waals surface area contributed by atoms with E-state index in [4.69, 9.17) is 9.47 Å². The number of rotatable bonds is 7. The highest BCUT2D eigenvalue weighted by molar-refractivity contribution is 5.70.